The van der Waals surface area contributed by atoms with Crippen LogP contribution in [0.5, 0.6) is 0 Å². The van der Waals surface area contributed by atoms with Gasteiger partial charge in [-0.3, -0.25) is 0 Å². The van der Waals surface area contributed by atoms with Crippen LogP contribution in [-0.2, 0) is 0 Å². The molecule has 2 aromatic heterocycles. The fourth-order valence-electron chi connectivity index (χ4n) is 3.98. The van der Waals surface area contributed by atoms with Crippen LogP contribution < -0.4 is 11.0 Å². The van der Waals surface area contributed by atoms with Crippen molar-refractivity contribution in [3.63, 3.8) is 0 Å². The summed E-state index contributed by atoms with van der Waals surface area (Å²) in [6.45, 7) is 0. The summed E-state index contributed by atoms with van der Waals surface area (Å²) in [6, 6.07) is 13.0. The number of halogens is 2. The van der Waals surface area contributed by atoms with Gasteiger partial charge in [0, 0.05) is 6.04 Å². The van der Waals surface area contributed by atoms with Gasteiger partial charge in [0.05, 0.1) is 26.8 Å². The highest BCUT2D eigenvalue weighted by molar-refractivity contribution is 6.42. The maximum absolute atomic E-state index is 13.3. The second-order valence-electron chi connectivity index (χ2n) is 7.38. The third kappa shape index (κ3) is 3.26. The van der Waals surface area contributed by atoms with Gasteiger partial charge < -0.3 is 5.32 Å². The van der Waals surface area contributed by atoms with E-state index in [0.29, 0.717) is 44.3 Å². The zero-order valence-corrected chi connectivity index (χ0v) is 17.1. The molecule has 0 aliphatic heterocycles. The van der Waals surface area contributed by atoms with Gasteiger partial charge in [-0.15, -0.1) is 5.10 Å². The first-order valence-electron chi connectivity index (χ1n) is 9.74. The lowest BCUT2D eigenvalue weighted by Crippen LogP contribution is -2.24. The number of anilines is 1. The molecule has 1 aliphatic carbocycles. The van der Waals surface area contributed by atoms with Crippen LogP contribution in [0.2, 0.25) is 10.0 Å². The van der Waals surface area contributed by atoms with E-state index in [0.717, 1.165) is 12.8 Å². The Morgan fingerprint density at radius 1 is 1.00 bits per heavy atom. The largest absolute Gasteiger partial charge is 0.364 e. The summed E-state index contributed by atoms with van der Waals surface area (Å²) in [5.74, 6) is 0.592. The summed E-state index contributed by atoms with van der Waals surface area (Å²) in [4.78, 5) is 18.1. The van der Waals surface area contributed by atoms with Gasteiger partial charge in [-0.1, -0.05) is 60.7 Å². The summed E-state index contributed by atoms with van der Waals surface area (Å²) in [5, 5.41) is 8.91. The minimum atomic E-state index is -0.274. The minimum Gasteiger partial charge on any atom is -0.364 e. The number of fused-ring (bicyclic) bond motifs is 3. The molecule has 2 aromatic carbocycles. The number of para-hydroxylation sites is 1. The van der Waals surface area contributed by atoms with Crippen molar-refractivity contribution in [2.24, 2.45) is 0 Å². The predicted molar refractivity (Wildman–Crippen MR) is 117 cm³/mol. The normalized spacial score (nSPS) is 15.2. The highest BCUT2D eigenvalue weighted by Gasteiger charge is 2.21. The fraction of sp³-hybridized carbons (Fsp3) is 0.286. The van der Waals surface area contributed by atoms with E-state index in [1.807, 2.05) is 30.3 Å². The number of hydrogen-bond donors (Lipinski definition) is 1. The molecule has 0 unspecified atom stereocenters. The Hall–Kier alpha value is -2.57. The number of benzene rings is 2. The molecular weight excluding hydrogens is 409 g/mol. The lowest BCUT2D eigenvalue weighted by Gasteiger charge is -2.23. The Labute approximate surface area is 177 Å². The van der Waals surface area contributed by atoms with Crippen molar-refractivity contribution in [1.29, 1.82) is 0 Å². The third-order valence-electron chi connectivity index (χ3n) is 5.43. The van der Waals surface area contributed by atoms with Crippen LogP contribution in [0.25, 0.3) is 22.4 Å². The molecule has 1 N–H and O–H groups in total. The second kappa shape index (κ2) is 7.35. The number of nitrogens with one attached hydrogen (secondary N) is 1. The zero-order valence-electron chi connectivity index (χ0n) is 15.6. The maximum atomic E-state index is 13.3. The Morgan fingerprint density at radius 3 is 2.48 bits per heavy atom. The Morgan fingerprint density at radius 2 is 1.72 bits per heavy atom. The Balaban J connectivity index is 1.78. The summed E-state index contributed by atoms with van der Waals surface area (Å²) >= 11 is 12.5. The van der Waals surface area contributed by atoms with Crippen LogP contribution in [0.3, 0.4) is 0 Å². The first-order valence-corrected chi connectivity index (χ1v) is 10.5. The van der Waals surface area contributed by atoms with Crippen molar-refractivity contribution in [1.82, 2.24) is 19.2 Å². The molecule has 1 aliphatic rings. The topological polar surface area (TPSA) is 64.2 Å². The minimum absolute atomic E-state index is 0.274. The average Bonchev–Trinajstić information content (AvgIpc) is 3.09. The monoisotopic (exact) mass is 427 g/mol. The molecule has 0 atom stereocenters. The maximum Gasteiger partial charge on any atom is 0.355 e. The molecule has 4 aromatic rings. The number of aromatic nitrogens is 4. The molecule has 0 spiro atoms. The van der Waals surface area contributed by atoms with Crippen LogP contribution in [0.4, 0.5) is 5.82 Å². The smallest absolute Gasteiger partial charge is 0.355 e. The van der Waals surface area contributed by atoms with Gasteiger partial charge in [0.2, 0.25) is 5.65 Å². The highest BCUT2D eigenvalue weighted by Crippen LogP contribution is 2.30. The van der Waals surface area contributed by atoms with Crippen molar-refractivity contribution >= 4 is 45.7 Å². The van der Waals surface area contributed by atoms with E-state index < -0.39 is 0 Å². The van der Waals surface area contributed by atoms with Crippen molar-refractivity contribution < 1.29 is 0 Å². The highest BCUT2D eigenvalue weighted by atomic mass is 35.5. The van der Waals surface area contributed by atoms with Gasteiger partial charge in [0.25, 0.3) is 0 Å². The van der Waals surface area contributed by atoms with E-state index in [2.05, 4.69) is 10.4 Å². The second-order valence-corrected chi connectivity index (χ2v) is 8.20. The fourth-order valence-corrected chi connectivity index (χ4v) is 4.29. The molecule has 0 radical (unpaired) electrons. The van der Waals surface area contributed by atoms with Gasteiger partial charge in [0.15, 0.2) is 5.82 Å². The Bertz CT molecular complexity index is 1260. The van der Waals surface area contributed by atoms with Crippen LogP contribution in [-0.4, -0.2) is 25.2 Å². The summed E-state index contributed by atoms with van der Waals surface area (Å²) in [6.07, 6.45) is 5.80. The average molecular weight is 428 g/mol. The molecule has 8 heteroatoms. The summed E-state index contributed by atoms with van der Waals surface area (Å²) < 4.78 is 2.95. The van der Waals surface area contributed by atoms with E-state index in [4.69, 9.17) is 28.2 Å². The molecule has 2 heterocycles. The first-order chi connectivity index (χ1) is 14.1. The molecule has 0 saturated heterocycles. The quantitative estimate of drug-likeness (QED) is 0.494. The number of hydrogen-bond acceptors (Lipinski definition) is 4. The van der Waals surface area contributed by atoms with Crippen molar-refractivity contribution in [2.45, 2.75) is 38.1 Å². The van der Waals surface area contributed by atoms with Crippen LogP contribution in [0, 0.1) is 0 Å². The van der Waals surface area contributed by atoms with Crippen LogP contribution in [0.15, 0.2) is 47.3 Å². The third-order valence-corrected chi connectivity index (χ3v) is 6.15. The van der Waals surface area contributed by atoms with Crippen molar-refractivity contribution in [2.75, 3.05) is 5.32 Å². The van der Waals surface area contributed by atoms with E-state index in [-0.39, 0.29) is 5.69 Å². The van der Waals surface area contributed by atoms with Gasteiger partial charge in [-0.25, -0.2) is 14.2 Å². The van der Waals surface area contributed by atoms with Gasteiger partial charge in [-0.2, -0.15) is 4.68 Å². The zero-order chi connectivity index (χ0) is 20.0. The van der Waals surface area contributed by atoms with Gasteiger partial charge in [-0.05, 0) is 37.1 Å². The molecule has 0 amide bonds. The molecular formula is C21H19Cl2N5O. The van der Waals surface area contributed by atoms with Gasteiger partial charge in [0.1, 0.15) is 0 Å². The predicted octanol–water partition coefficient (Wildman–Crippen LogP) is 5.08. The Kier molecular flexibility index (Phi) is 4.68. The summed E-state index contributed by atoms with van der Waals surface area (Å²) in [5.41, 5.74) is 2.08. The number of rotatable bonds is 3. The molecule has 6 nitrogen and oxygen atoms in total. The standard InChI is InChI=1S/C21H19Cl2N5O/c22-15-11-17-18(12-16(15)23)27-20(19(25-17)24-13-7-3-1-4-8-13)26-28(21(27)29)14-9-5-2-6-10-14/h2,5-6,9-13H,1,3-4,7-8H2,(H,24,25). The van der Waals surface area contributed by atoms with E-state index in [9.17, 15) is 4.79 Å². The van der Waals surface area contributed by atoms with Crippen molar-refractivity contribution in [3.8, 4) is 5.69 Å². The van der Waals surface area contributed by atoms with Gasteiger partial charge >= 0.3 is 5.69 Å². The van der Waals surface area contributed by atoms with E-state index >= 15 is 0 Å². The van der Waals surface area contributed by atoms with E-state index in [1.54, 1.807) is 16.5 Å². The first kappa shape index (κ1) is 18.5. The molecule has 148 valence electrons. The SMILES string of the molecule is O=c1n(-c2ccccc2)nc2c(NC3CCCCC3)nc3cc(Cl)c(Cl)cc3n12. The van der Waals surface area contributed by atoms with Crippen LogP contribution >= 0.6 is 23.2 Å². The lowest BCUT2D eigenvalue weighted by atomic mass is 9.95. The molecule has 1 fully saturated rings. The summed E-state index contributed by atoms with van der Waals surface area (Å²) in [7, 11) is 0. The van der Waals surface area contributed by atoms with Crippen molar-refractivity contribution in [3.05, 3.63) is 63.0 Å². The molecule has 0 bridgehead atoms. The molecule has 1 saturated carbocycles. The van der Waals surface area contributed by atoms with Crippen LogP contribution in [0.1, 0.15) is 32.1 Å². The van der Waals surface area contributed by atoms with E-state index in [1.165, 1.54) is 23.9 Å². The lowest BCUT2D eigenvalue weighted by molar-refractivity contribution is 0.462. The molecule has 5 rings (SSSR count). The number of nitrogens with zero attached hydrogens (tertiary/aromatic N) is 4. The molecule has 29 heavy (non-hydrogen) atoms.